The molecule has 5 aromatic carbocycles. The predicted octanol–water partition coefficient (Wildman–Crippen LogP) is 7.64. The minimum Gasteiger partial charge on any atom is -0.309 e. The highest BCUT2D eigenvalue weighted by Gasteiger charge is 2.14. The smallest absolute Gasteiger partial charge is 0.0571 e. The summed E-state index contributed by atoms with van der Waals surface area (Å²) in [6.07, 6.45) is 3.85. The van der Waals surface area contributed by atoms with E-state index in [-0.39, 0.29) is 0 Å². The molecule has 2 heteroatoms. The van der Waals surface area contributed by atoms with Gasteiger partial charge in [0, 0.05) is 28.9 Å². The molecule has 0 saturated heterocycles. The van der Waals surface area contributed by atoms with Crippen molar-refractivity contribution < 1.29 is 0 Å². The van der Waals surface area contributed by atoms with E-state index in [0.717, 1.165) is 0 Å². The van der Waals surface area contributed by atoms with Gasteiger partial charge in [-0.1, -0.05) is 72.8 Å². The zero-order chi connectivity index (χ0) is 20.4. The van der Waals surface area contributed by atoms with Crippen molar-refractivity contribution in [3.63, 3.8) is 0 Å². The second-order valence-electron chi connectivity index (χ2n) is 8.07. The van der Waals surface area contributed by atoms with Crippen LogP contribution in [0.2, 0.25) is 0 Å². The Hall–Kier alpha value is -4.17. The molecule has 0 aliphatic rings. The molecule has 2 aromatic heterocycles. The van der Waals surface area contributed by atoms with Crippen molar-refractivity contribution in [3.05, 3.63) is 109 Å². The quantitative estimate of drug-likeness (QED) is 0.262. The lowest BCUT2D eigenvalue weighted by Crippen LogP contribution is -1.94. The van der Waals surface area contributed by atoms with Crippen molar-refractivity contribution in [2.45, 2.75) is 0 Å². The molecule has 7 aromatic rings. The Bertz CT molecular complexity index is 1700. The molecule has 0 aliphatic heterocycles. The van der Waals surface area contributed by atoms with Gasteiger partial charge in [-0.25, -0.2) is 0 Å². The summed E-state index contributed by atoms with van der Waals surface area (Å²) in [7, 11) is 0. The largest absolute Gasteiger partial charge is 0.309 e. The molecule has 0 saturated carbocycles. The van der Waals surface area contributed by atoms with Crippen molar-refractivity contribution in [1.82, 2.24) is 9.55 Å². The zero-order valence-corrected chi connectivity index (χ0v) is 16.8. The summed E-state index contributed by atoms with van der Waals surface area (Å²) in [6, 6.07) is 35.0. The number of nitrogens with zero attached hydrogens (tertiary/aromatic N) is 2. The second-order valence-corrected chi connectivity index (χ2v) is 8.07. The molecule has 7 rings (SSSR count). The molecule has 0 bridgehead atoms. The topological polar surface area (TPSA) is 17.8 Å². The lowest BCUT2D eigenvalue weighted by molar-refractivity contribution is 1.18. The number of aromatic nitrogens is 2. The summed E-state index contributed by atoms with van der Waals surface area (Å²) < 4.78 is 2.36. The Labute approximate surface area is 179 Å². The minimum absolute atomic E-state index is 1.17. The van der Waals surface area contributed by atoms with Crippen LogP contribution in [0.3, 0.4) is 0 Å². The third kappa shape index (κ3) is 2.25. The van der Waals surface area contributed by atoms with E-state index < -0.39 is 0 Å². The summed E-state index contributed by atoms with van der Waals surface area (Å²) in [5, 5.41) is 10.2. The minimum atomic E-state index is 1.17. The number of para-hydroxylation sites is 1. The Morgan fingerprint density at radius 3 is 1.71 bits per heavy atom. The van der Waals surface area contributed by atoms with Crippen LogP contribution in [0.4, 0.5) is 0 Å². The number of hydrogen-bond acceptors (Lipinski definition) is 1. The van der Waals surface area contributed by atoms with E-state index in [0.29, 0.717) is 0 Å². The monoisotopic (exact) mass is 394 g/mol. The molecular formula is C29H18N2. The highest BCUT2D eigenvalue weighted by Crippen LogP contribution is 2.37. The predicted molar refractivity (Wildman–Crippen MR) is 131 cm³/mol. The molecule has 2 nitrogen and oxygen atoms in total. The number of rotatable bonds is 1. The molecule has 31 heavy (non-hydrogen) atoms. The van der Waals surface area contributed by atoms with Crippen LogP contribution in [0.25, 0.3) is 59.8 Å². The molecule has 0 fully saturated rings. The fourth-order valence-electron chi connectivity index (χ4n) is 5.13. The molecule has 0 spiro atoms. The molecule has 144 valence electrons. The van der Waals surface area contributed by atoms with Crippen LogP contribution in [0.15, 0.2) is 109 Å². The van der Waals surface area contributed by atoms with Crippen molar-refractivity contribution in [2.75, 3.05) is 0 Å². The standard InChI is InChI=1S/C29H18N2/c1-2-9-22-20(7-1)21-8-3-4-10-23(21)26-17-19(13-14-24(22)26)31-28-12-6-5-11-25(28)27-18-30-16-15-29(27)31/h1-18H. The van der Waals surface area contributed by atoms with Gasteiger partial charge in [-0.3, -0.25) is 4.98 Å². The van der Waals surface area contributed by atoms with Crippen molar-refractivity contribution in [1.29, 1.82) is 0 Å². The molecular weight excluding hydrogens is 376 g/mol. The first-order chi connectivity index (χ1) is 15.4. The Morgan fingerprint density at radius 2 is 1.00 bits per heavy atom. The first-order valence-corrected chi connectivity index (χ1v) is 10.6. The van der Waals surface area contributed by atoms with Crippen molar-refractivity contribution in [2.24, 2.45) is 0 Å². The van der Waals surface area contributed by atoms with Gasteiger partial charge in [-0.05, 0) is 56.6 Å². The Balaban J connectivity index is 1.66. The first-order valence-electron chi connectivity index (χ1n) is 10.6. The van der Waals surface area contributed by atoms with E-state index in [1.807, 2.05) is 12.4 Å². The maximum atomic E-state index is 4.38. The van der Waals surface area contributed by atoms with E-state index in [1.165, 1.54) is 59.8 Å². The van der Waals surface area contributed by atoms with Gasteiger partial charge in [-0.2, -0.15) is 0 Å². The van der Waals surface area contributed by atoms with E-state index in [4.69, 9.17) is 0 Å². The van der Waals surface area contributed by atoms with Gasteiger partial charge >= 0.3 is 0 Å². The molecule has 0 aliphatic carbocycles. The van der Waals surface area contributed by atoms with Crippen LogP contribution in [0.5, 0.6) is 0 Å². The second kappa shape index (κ2) is 6.16. The first kappa shape index (κ1) is 16.6. The van der Waals surface area contributed by atoms with Gasteiger partial charge in [0.1, 0.15) is 0 Å². The zero-order valence-electron chi connectivity index (χ0n) is 16.8. The molecule has 2 heterocycles. The average Bonchev–Trinajstić information content (AvgIpc) is 3.18. The number of fused-ring (bicyclic) bond motifs is 9. The summed E-state index contributed by atoms with van der Waals surface area (Å²) in [6.45, 7) is 0. The SMILES string of the molecule is c1ccc2c(c1)c1ccccc1c1cc(-n3c4ccccc4c4cnccc43)ccc21. The van der Waals surface area contributed by atoms with E-state index in [1.54, 1.807) is 0 Å². The van der Waals surface area contributed by atoms with Crippen LogP contribution in [0, 0.1) is 0 Å². The van der Waals surface area contributed by atoms with Gasteiger partial charge in [0.05, 0.1) is 11.0 Å². The van der Waals surface area contributed by atoms with Gasteiger partial charge in [0.15, 0.2) is 0 Å². The fourth-order valence-corrected chi connectivity index (χ4v) is 5.13. The highest BCUT2D eigenvalue weighted by atomic mass is 15.0. The summed E-state index contributed by atoms with van der Waals surface area (Å²) in [5.74, 6) is 0. The number of hydrogen-bond donors (Lipinski definition) is 0. The molecule has 0 N–H and O–H groups in total. The lowest BCUT2D eigenvalue weighted by atomic mass is 9.94. The summed E-state index contributed by atoms with van der Waals surface area (Å²) in [5.41, 5.74) is 3.56. The van der Waals surface area contributed by atoms with Gasteiger partial charge < -0.3 is 4.57 Å². The maximum Gasteiger partial charge on any atom is 0.0571 e. The van der Waals surface area contributed by atoms with Crippen LogP contribution in [-0.4, -0.2) is 9.55 Å². The van der Waals surface area contributed by atoms with Gasteiger partial charge in [0.25, 0.3) is 0 Å². The fraction of sp³-hybridized carbons (Fsp3) is 0. The van der Waals surface area contributed by atoms with Crippen LogP contribution in [0.1, 0.15) is 0 Å². The van der Waals surface area contributed by atoms with Crippen molar-refractivity contribution in [3.8, 4) is 5.69 Å². The third-order valence-corrected chi connectivity index (χ3v) is 6.46. The third-order valence-electron chi connectivity index (χ3n) is 6.46. The number of pyridine rings is 1. The van der Waals surface area contributed by atoms with Gasteiger partial charge in [-0.15, -0.1) is 0 Å². The van der Waals surface area contributed by atoms with Crippen LogP contribution in [-0.2, 0) is 0 Å². The molecule has 0 radical (unpaired) electrons. The highest BCUT2D eigenvalue weighted by molar-refractivity contribution is 6.25. The summed E-state index contributed by atoms with van der Waals surface area (Å²) in [4.78, 5) is 4.38. The summed E-state index contributed by atoms with van der Waals surface area (Å²) >= 11 is 0. The van der Waals surface area contributed by atoms with E-state index in [9.17, 15) is 0 Å². The maximum absolute atomic E-state index is 4.38. The molecule has 0 atom stereocenters. The normalized spacial score (nSPS) is 11.9. The average molecular weight is 394 g/mol. The van der Waals surface area contributed by atoms with Crippen molar-refractivity contribution >= 4 is 54.1 Å². The molecule has 0 unspecified atom stereocenters. The van der Waals surface area contributed by atoms with E-state index >= 15 is 0 Å². The number of benzene rings is 5. The van der Waals surface area contributed by atoms with Crippen LogP contribution < -0.4 is 0 Å². The Kier molecular flexibility index (Phi) is 3.30. The molecule has 0 amide bonds. The Morgan fingerprint density at radius 1 is 0.452 bits per heavy atom. The van der Waals surface area contributed by atoms with Crippen LogP contribution >= 0.6 is 0 Å². The van der Waals surface area contributed by atoms with Gasteiger partial charge in [0.2, 0.25) is 0 Å². The lowest BCUT2D eigenvalue weighted by Gasteiger charge is -2.13. The van der Waals surface area contributed by atoms with E-state index in [2.05, 4.69) is 107 Å².